The maximum absolute atomic E-state index is 14.3. The molecule has 1 aliphatic carbocycles. The van der Waals surface area contributed by atoms with E-state index in [9.17, 15) is 39.6 Å². The molecule has 3 heterocycles. The monoisotopic (exact) mass is 1210 g/mol. The van der Waals surface area contributed by atoms with Gasteiger partial charge in [-0.3, -0.25) is 19.5 Å². The van der Waals surface area contributed by atoms with Crippen molar-refractivity contribution in [2.75, 3.05) is 134 Å². The average Bonchev–Trinajstić information content (AvgIpc) is 3.57. The molecule has 16 nitrogen and oxygen atoms in total. The van der Waals surface area contributed by atoms with Crippen LogP contribution in [-0.4, -0.2) is 195 Å². The van der Waals surface area contributed by atoms with Crippen LogP contribution < -0.4 is 14.9 Å². The summed E-state index contributed by atoms with van der Waals surface area (Å²) < 4.78 is 110. The number of nitrogens with one attached hydrogen (secondary N) is 2. The number of halogens is 4. The Labute approximate surface area is 491 Å². The van der Waals surface area contributed by atoms with Crippen molar-refractivity contribution in [3.8, 4) is 0 Å². The van der Waals surface area contributed by atoms with E-state index in [1.54, 1.807) is 17.0 Å². The number of sulfone groups is 1. The van der Waals surface area contributed by atoms with Gasteiger partial charge in [0.1, 0.15) is 10.5 Å². The van der Waals surface area contributed by atoms with Crippen molar-refractivity contribution in [3.63, 3.8) is 0 Å². The van der Waals surface area contributed by atoms with E-state index < -0.39 is 58.4 Å². The Kier molecular flexibility index (Phi) is 21.1. The number of ether oxygens (including phenoxy) is 2. The SMILES string of the molecule is CN(CCN1CCN(C(=O)OC(C)(C)C)CC1)CC1(C)CCC(c2ccc(Cl)cc2)=C(CN2CCN(c3ccc(C(=O)NS(=O)(=O)c4ccc(N[C@H](CCN5CCOCC5)CSc5ccccc5)c(S(=O)(=O)C(F)(F)F)c4)cc3)CC2)C1. The van der Waals surface area contributed by atoms with Crippen LogP contribution in [0.3, 0.4) is 0 Å². The first kappa shape index (κ1) is 63.1. The van der Waals surface area contributed by atoms with Gasteiger partial charge in [-0.15, -0.1) is 11.8 Å². The van der Waals surface area contributed by atoms with Gasteiger partial charge in [0.25, 0.3) is 25.8 Å². The Balaban J connectivity index is 0.877. The van der Waals surface area contributed by atoms with Crippen LogP contribution in [0.25, 0.3) is 5.57 Å². The molecule has 2 N–H and O–H groups in total. The zero-order chi connectivity index (χ0) is 58.9. The number of sulfonamides is 1. The number of thioether (sulfide) groups is 1. The summed E-state index contributed by atoms with van der Waals surface area (Å²) in [5.41, 5.74) is -1.84. The van der Waals surface area contributed by atoms with Crippen LogP contribution in [-0.2, 0) is 29.3 Å². The predicted molar refractivity (Wildman–Crippen MR) is 318 cm³/mol. The first-order valence-corrected chi connectivity index (χ1v) is 32.4. The van der Waals surface area contributed by atoms with Crippen LogP contribution in [0.15, 0.2) is 117 Å². The molecule has 4 aromatic carbocycles. The largest absolute Gasteiger partial charge is 0.501 e. The molecular formula is C59H78ClF3N8O8S3. The van der Waals surface area contributed by atoms with Crippen molar-refractivity contribution in [1.29, 1.82) is 0 Å². The number of alkyl halides is 3. The Morgan fingerprint density at radius 2 is 1.46 bits per heavy atom. The van der Waals surface area contributed by atoms with E-state index in [-0.39, 0.29) is 17.1 Å². The van der Waals surface area contributed by atoms with Crippen molar-refractivity contribution in [2.24, 2.45) is 5.41 Å². The summed E-state index contributed by atoms with van der Waals surface area (Å²) >= 11 is 7.79. The van der Waals surface area contributed by atoms with Crippen LogP contribution in [0, 0.1) is 5.41 Å². The molecule has 3 saturated heterocycles. The van der Waals surface area contributed by atoms with Crippen LogP contribution in [0.4, 0.5) is 29.3 Å². The molecule has 0 bridgehead atoms. The lowest BCUT2D eigenvalue weighted by Crippen LogP contribution is -2.51. The zero-order valence-electron chi connectivity index (χ0n) is 47.6. The van der Waals surface area contributed by atoms with E-state index in [0.29, 0.717) is 82.3 Å². The second kappa shape index (κ2) is 27.4. The number of rotatable bonds is 21. The van der Waals surface area contributed by atoms with Gasteiger partial charge in [0.15, 0.2) is 0 Å². The van der Waals surface area contributed by atoms with Gasteiger partial charge in [-0.05, 0) is 137 Å². The molecule has 82 heavy (non-hydrogen) atoms. The van der Waals surface area contributed by atoms with E-state index in [4.69, 9.17) is 21.1 Å². The minimum Gasteiger partial charge on any atom is -0.444 e. The fraction of sp³-hybridized carbons (Fsp3) is 0.525. The minimum absolute atomic E-state index is 0.0165. The molecular weight excluding hydrogens is 1140 g/mol. The van der Waals surface area contributed by atoms with Gasteiger partial charge in [-0.1, -0.05) is 54.4 Å². The molecule has 0 radical (unpaired) electrons. The van der Waals surface area contributed by atoms with Crippen LogP contribution in [0.1, 0.15) is 69.3 Å². The summed E-state index contributed by atoms with van der Waals surface area (Å²) in [5.74, 6) is -0.677. The maximum atomic E-state index is 14.3. The smallest absolute Gasteiger partial charge is 0.444 e. The van der Waals surface area contributed by atoms with Gasteiger partial charge in [-0.2, -0.15) is 13.2 Å². The number of benzene rings is 4. The molecule has 8 rings (SSSR count). The number of carbonyl (C=O) groups is 2. The van der Waals surface area contributed by atoms with Crippen molar-refractivity contribution < 1.29 is 49.1 Å². The standard InChI is InChI=1S/C59H78ClF3N8O8S3/c1-57(2,3)79-56(73)71-33-27-68(28-34-71)26-25-66(5)43-58(4)23-21-52(44-11-15-47(60)16-12-44)46(40-58)41-69-29-31-70(32-30-69)49-17-13-45(14-18-49)55(72)65-82(76,77)51-19-20-53(54(39-51)81(74,75)59(61,62)63)64-48(22-24-67-35-37-78-38-36-67)42-80-50-9-7-6-8-10-50/h6-20,39,48,64H,21-38,40-43H2,1-5H3,(H,65,72)/t48-,58?/m1/s1. The van der Waals surface area contributed by atoms with Crippen LogP contribution >= 0.6 is 23.4 Å². The molecule has 1 unspecified atom stereocenters. The highest BCUT2D eigenvalue weighted by Gasteiger charge is 2.49. The molecule has 3 fully saturated rings. The zero-order valence-corrected chi connectivity index (χ0v) is 50.8. The first-order valence-electron chi connectivity index (χ1n) is 28.0. The number of nitrogens with zero attached hydrogens (tertiary/aromatic N) is 6. The van der Waals surface area contributed by atoms with Crippen molar-refractivity contribution in [2.45, 2.75) is 85.2 Å². The van der Waals surface area contributed by atoms with Crippen LogP contribution in [0.2, 0.25) is 5.02 Å². The van der Waals surface area contributed by atoms with E-state index in [1.807, 2.05) is 68.0 Å². The highest BCUT2D eigenvalue weighted by molar-refractivity contribution is 7.99. The van der Waals surface area contributed by atoms with Gasteiger partial charge in [0.05, 0.1) is 23.8 Å². The van der Waals surface area contributed by atoms with Crippen molar-refractivity contribution in [1.82, 2.24) is 29.2 Å². The molecule has 4 aromatic rings. The molecule has 0 saturated carbocycles. The predicted octanol–water partition coefficient (Wildman–Crippen LogP) is 9.30. The summed E-state index contributed by atoms with van der Waals surface area (Å²) in [6.07, 6.45) is 3.13. The van der Waals surface area contributed by atoms with Gasteiger partial charge < -0.3 is 29.5 Å². The molecule has 0 spiro atoms. The summed E-state index contributed by atoms with van der Waals surface area (Å²) in [6, 6.07) is 25.8. The highest BCUT2D eigenvalue weighted by Crippen LogP contribution is 2.44. The number of piperazine rings is 2. The number of morpholine rings is 1. The minimum atomic E-state index is -6.08. The summed E-state index contributed by atoms with van der Waals surface area (Å²) in [6.45, 7) is 20.5. The highest BCUT2D eigenvalue weighted by atomic mass is 35.5. The number of likely N-dealkylation sites (N-methyl/N-ethyl adjacent to an activating group) is 1. The van der Waals surface area contributed by atoms with E-state index in [1.165, 1.54) is 40.6 Å². The summed E-state index contributed by atoms with van der Waals surface area (Å²) in [5, 5.41) is 3.70. The van der Waals surface area contributed by atoms with Crippen LogP contribution in [0.5, 0.6) is 0 Å². The topological polar surface area (TPSA) is 164 Å². The summed E-state index contributed by atoms with van der Waals surface area (Å²) in [7, 11) is -8.76. The van der Waals surface area contributed by atoms with E-state index in [0.717, 1.165) is 94.3 Å². The van der Waals surface area contributed by atoms with Gasteiger partial charge in [-0.25, -0.2) is 26.4 Å². The number of hydrogen-bond donors (Lipinski definition) is 2. The second-order valence-corrected chi connectivity index (χ2v) is 28.3. The quantitative estimate of drug-likeness (QED) is 0.0758. The molecule has 23 heteroatoms. The molecule has 2 atom stereocenters. The second-order valence-electron chi connectivity index (χ2n) is 23.2. The Hall–Kier alpha value is -4.91. The number of carbonyl (C=O) groups excluding carboxylic acids is 2. The molecule has 448 valence electrons. The lowest BCUT2D eigenvalue weighted by Gasteiger charge is -2.42. The molecule has 3 aliphatic heterocycles. The van der Waals surface area contributed by atoms with E-state index in [2.05, 4.69) is 55.9 Å². The number of amides is 2. The molecule has 0 aromatic heterocycles. The van der Waals surface area contributed by atoms with Gasteiger partial charge >= 0.3 is 11.6 Å². The first-order chi connectivity index (χ1) is 38.8. The fourth-order valence-corrected chi connectivity index (χ4v) is 14.2. The Morgan fingerprint density at radius 1 is 0.817 bits per heavy atom. The van der Waals surface area contributed by atoms with Crippen molar-refractivity contribution >= 4 is 72.2 Å². The number of anilines is 2. The Bertz CT molecular complexity index is 3060. The fourth-order valence-electron chi connectivity index (χ4n) is 11.1. The lowest BCUT2D eigenvalue weighted by molar-refractivity contribution is -0.0436. The molecule has 2 amide bonds. The van der Waals surface area contributed by atoms with Crippen molar-refractivity contribution in [3.05, 3.63) is 119 Å². The summed E-state index contributed by atoms with van der Waals surface area (Å²) in [4.78, 5) is 38.5. The number of allylic oxidation sites excluding steroid dienone is 1. The van der Waals surface area contributed by atoms with E-state index >= 15 is 0 Å². The molecule has 4 aliphatic rings. The Morgan fingerprint density at radius 3 is 2.11 bits per heavy atom. The third kappa shape index (κ3) is 17.4. The normalized spacial score (nSPS) is 19.8. The number of hydrogen-bond acceptors (Lipinski definition) is 15. The van der Waals surface area contributed by atoms with Gasteiger partial charge in [0.2, 0.25) is 0 Å². The third-order valence-electron chi connectivity index (χ3n) is 15.5. The van der Waals surface area contributed by atoms with Gasteiger partial charge in [0, 0.05) is 131 Å². The maximum Gasteiger partial charge on any atom is 0.501 e. The lowest BCUT2D eigenvalue weighted by atomic mass is 9.71. The average molecular weight is 1220 g/mol. The third-order valence-corrected chi connectivity index (χ3v) is 19.8.